The van der Waals surface area contributed by atoms with E-state index in [4.69, 9.17) is 14.0 Å². The van der Waals surface area contributed by atoms with Gasteiger partial charge >= 0.3 is 64.5 Å². The van der Waals surface area contributed by atoms with Gasteiger partial charge in [0.1, 0.15) is 0 Å². The molecular formula is C15H8BrN2O3Re. The smallest absolute Gasteiger partial charge is 0.0964 e. The molecule has 0 saturated heterocycles. The van der Waals surface area contributed by atoms with Crippen molar-refractivity contribution in [2.45, 2.75) is 0 Å². The molecule has 1 aromatic carbocycles. The van der Waals surface area contributed by atoms with Crippen LogP contribution in [0.1, 0.15) is 0 Å². The van der Waals surface area contributed by atoms with Crippen LogP contribution >= 0.6 is 13.4 Å². The zero-order valence-corrected chi connectivity index (χ0v) is 15.3. The van der Waals surface area contributed by atoms with Gasteiger partial charge < -0.3 is 0 Å². The molecule has 0 aliphatic heterocycles. The monoisotopic (exact) mass is 530 g/mol. The second kappa shape index (κ2) is 15.8. The minimum absolute atomic E-state index is 0.977. The molecule has 22 heavy (non-hydrogen) atoms. The Morgan fingerprint density at radius 3 is 1.32 bits per heavy atom. The zero-order chi connectivity index (χ0) is 17.4. The molecule has 0 spiro atoms. The molecule has 0 unspecified atom stereocenters. The molecule has 3 rings (SSSR count). The summed E-state index contributed by atoms with van der Waals surface area (Å²) in [6.45, 7) is 13.5. The summed E-state index contributed by atoms with van der Waals surface area (Å²) in [6, 6.07) is 12.1. The fourth-order valence-corrected chi connectivity index (χ4v) is 1.68. The van der Waals surface area contributed by atoms with Crippen LogP contribution in [0, 0.1) is 20.0 Å². The Balaban J connectivity index is 0. The van der Waals surface area contributed by atoms with Crippen molar-refractivity contribution in [2.24, 2.45) is 0 Å². The molecule has 0 aliphatic rings. The van der Waals surface area contributed by atoms with E-state index in [1.54, 1.807) is 12.4 Å². The van der Waals surface area contributed by atoms with Crippen molar-refractivity contribution < 1.29 is 31.1 Å². The van der Waals surface area contributed by atoms with Gasteiger partial charge in [0.2, 0.25) is 0 Å². The van der Waals surface area contributed by atoms with E-state index < -0.39 is 0 Å². The van der Waals surface area contributed by atoms with E-state index in [9.17, 15) is 0 Å². The van der Waals surface area contributed by atoms with E-state index in [2.05, 4.69) is 67.6 Å². The predicted molar refractivity (Wildman–Crippen MR) is 77.8 cm³/mol. The van der Waals surface area contributed by atoms with E-state index in [1.807, 2.05) is 12.1 Å². The predicted octanol–water partition coefficient (Wildman–Crippen LogP) is 3.51. The molecule has 7 heteroatoms. The van der Waals surface area contributed by atoms with Gasteiger partial charge in [-0.3, -0.25) is 9.97 Å². The first-order valence-electron chi connectivity index (χ1n) is 5.29. The number of aromatic nitrogens is 2. The average Bonchev–Trinajstić information content (AvgIpc) is 2.68. The SMILES string of the molecule is [Br][Re].[C-]#[O+].[C-]#[O+].[C-]#[O+].c1cnc2c(c1)ccc1cccnc12. The van der Waals surface area contributed by atoms with Crippen LogP contribution in [-0.4, -0.2) is 9.97 Å². The van der Waals surface area contributed by atoms with Crippen molar-refractivity contribution in [1.82, 2.24) is 9.97 Å². The quantitative estimate of drug-likeness (QED) is 0.253. The van der Waals surface area contributed by atoms with Gasteiger partial charge in [0, 0.05) is 23.2 Å². The van der Waals surface area contributed by atoms with Gasteiger partial charge in [-0.15, -0.1) is 0 Å². The van der Waals surface area contributed by atoms with E-state index in [1.165, 1.54) is 17.2 Å². The molecule has 0 aliphatic carbocycles. The Kier molecular flexibility index (Phi) is 16.3. The molecule has 0 radical (unpaired) electrons. The minimum Gasteiger partial charge on any atom is -0.254 e. The molecule has 0 amide bonds. The number of pyridine rings is 2. The van der Waals surface area contributed by atoms with Gasteiger partial charge in [0.25, 0.3) is 0 Å². The van der Waals surface area contributed by atoms with Crippen LogP contribution in [0.4, 0.5) is 0 Å². The first-order valence-corrected chi connectivity index (χ1v) is 11.2. The van der Waals surface area contributed by atoms with Gasteiger partial charge in [-0.25, -0.2) is 0 Å². The van der Waals surface area contributed by atoms with Crippen molar-refractivity contribution in [1.29, 1.82) is 0 Å². The van der Waals surface area contributed by atoms with Crippen LogP contribution in [0.15, 0.2) is 48.8 Å². The van der Waals surface area contributed by atoms with Crippen molar-refractivity contribution in [3.63, 3.8) is 0 Å². The van der Waals surface area contributed by atoms with Gasteiger partial charge in [0.15, 0.2) is 0 Å². The van der Waals surface area contributed by atoms with Crippen molar-refractivity contribution in [2.75, 3.05) is 0 Å². The third-order valence-electron chi connectivity index (χ3n) is 2.34. The molecule has 3 aromatic rings. The van der Waals surface area contributed by atoms with E-state index in [0.717, 1.165) is 21.8 Å². The van der Waals surface area contributed by atoms with E-state index in [0.29, 0.717) is 0 Å². The second-order valence-electron chi connectivity index (χ2n) is 3.22. The van der Waals surface area contributed by atoms with Crippen molar-refractivity contribution in [3.8, 4) is 0 Å². The largest absolute Gasteiger partial charge is 0.254 e. The summed E-state index contributed by atoms with van der Waals surface area (Å²) in [5, 5.41) is 2.28. The summed E-state index contributed by atoms with van der Waals surface area (Å²) < 4.78 is 22.5. The van der Waals surface area contributed by atoms with Gasteiger partial charge in [0.05, 0.1) is 11.0 Å². The molecule has 5 nitrogen and oxygen atoms in total. The fourth-order valence-electron chi connectivity index (χ4n) is 1.68. The Morgan fingerprint density at radius 1 is 0.682 bits per heavy atom. The number of benzene rings is 1. The van der Waals surface area contributed by atoms with E-state index >= 15 is 0 Å². The second-order valence-corrected chi connectivity index (χ2v) is 3.22. The van der Waals surface area contributed by atoms with Crippen molar-refractivity contribution >= 4 is 35.2 Å². The molecule has 2 heterocycles. The van der Waals surface area contributed by atoms with Crippen LogP contribution in [0.3, 0.4) is 0 Å². The summed E-state index contributed by atoms with van der Waals surface area (Å²) >= 11 is 4.53. The number of rotatable bonds is 0. The van der Waals surface area contributed by atoms with Crippen LogP contribution < -0.4 is 0 Å². The average molecular weight is 530 g/mol. The fraction of sp³-hybridized carbons (Fsp3) is 0. The first-order chi connectivity index (χ1) is 10.9. The Labute approximate surface area is 144 Å². The Hall–Kier alpha value is -1.60. The molecular weight excluding hydrogens is 522 g/mol. The van der Waals surface area contributed by atoms with Crippen LogP contribution in [0.5, 0.6) is 0 Å². The van der Waals surface area contributed by atoms with Crippen LogP contribution in [-0.2, 0) is 31.1 Å². The molecule has 0 atom stereocenters. The summed E-state index contributed by atoms with van der Waals surface area (Å²) in [5.41, 5.74) is 1.95. The molecule has 110 valence electrons. The Morgan fingerprint density at radius 2 is 1.00 bits per heavy atom. The van der Waals surface area contributed by atoms with Gasteiger partial charge in [-0.2, -0.15) is 0 Å². The summed E-state index contributed by atoms with van der Waals surface area (Å²) in [5.74, 6) is 0. The summed E-state index contributed by atoms with van der Waals surface area (Å²) in [4.78, 5) is 8.69. The molecule has 0 N–H and O–H groups in total. The molecule has 0 fully saturated rings. The maximum absolute atomic E-state index is 7.50. The number of halogens is 1. The molecule has 0 saturated carbocycles. The third kappa shape index (κ3) is 6.45. The topological polar surface area (TPSA) is 85.5 Å². The zero-order valence-electron chi connectivity index (χ0n) is 11.0. The molecule has 2 aromatic heterocycles. The minimum atomic E-state index is 0.977. The maximum atomic E-state index is 7.50. The standard InChI is InChI=1S/C12H8N2.3CO.BrH.Re/c1-3-9-5-6-10-4-2-8-14-12(10)11(9)13-7-1;3*1-2;;/h1-8H;;;;1H;/q;;;;;+1/p-1. The van der Waals surface area contributed by atoms with Gasteiger partial charge in [-0.1, -0.05) is 24.3 Å². The third-order valence-corrected chi connectivity index (χ3v) is 2.34. The maximum Gasteiger partial charge on any atom is 0.0964 e. The normalized spacial score (nSPS) is 7.45. The number of hydrogen-bond donors (Lipinski definition) is 0. The first kappa shape index (κ1) is 22.7. The summed E-state index contributed by atoms with van der Waals surface area (Å²) in [7, 11) is 0. The van der Waals surface area contributed by atoms with Crippen LogP contribution in [0.25, 0.3) is 21.8 Å². The number of nitrogens with zero attached hydrogens (tertiary/aromatic N) is 2. The number of hydrogen-bond acceptors (Lipinski definition) is 2. The summed E-state index contributed by atoms with van der Waals surface area (Å²) in [6.07, 6.45) is 3.60. The van der Waals surface area contributed by atoms with E-state index in [-0.39, 0.29) is 0 Å². The molecule has 0 bridgehead atoms. The van der Waals surface area contributed by atoms with Crippen molar-refractivity contribution in [3.05, 3.63) is 68.7 Å². The Bertz CT molecular complexity index is 675. The number of fused-ring (bicyclic) bond motifs is 3. The van der Waals surface area contributed by atoms with Gasteiger partial charge in [-0.05, 0) is 12.1 Å². The van der Waals surface area contributed by atoms with Crippen LogP contribution in [0.2, 0.25) is 0 Å².